The van der Waals surface area contributed by atoms with Crippen LogP contribution in [-0.2, 0) is 27.1 Å². The number of hydrogen-bond donors (Lipinski definition) is 0. The molecule has 0 amide bonds. The minimum atomic E-state index is -0.248. The summed E-state index contributed by atoms with van der Waals surface area (Å²) in [5.74, 6) is 0.225. The van der Waals surface area contributed by atoms with Crippen molar-refractivity contribution in [1.29, 1.82) is 0 Å². The van der Waals surface area contributed by atoms with Gasteiger partial charge in [0.25, 0.3) is 0 Å². The lowest BCUT2D eigenvalue weighted by molar-refractivity contribution is -0.146. The predicted octanol–water partition coefficient (Wildman–Crippen LogP) is 5.17. The number of benzene rings is 2. The molecule has 2 atom stereocenters. The molecule has 0 aromatic heterocycles. The molecule has 2 aromatic rings. The van der Waals surface area contributed by atoms with Crippen molar-refractivity contribution >= 4 is 5.97 Å². The second-order valence-corrected chi connectivity index (χ2v) is 8.98. The van der Waals surface area contributed by atoms with Crippen molar-refractivity contribution in [2.45, 2.75) is 52.6 Å². The van der Waals surface area contributed by atoms with Crippen LogP contribution in [0.1, 0.15) is 62.0 Å². The van der Waals surface area contributed by atoms with Crippen LogP contribution in [0.3, 0.4) is 0 Å². The van der Waals surface area contributed by atoms with Crippen molar-refractivity contribution in [3.05, 3.63) is 70.8 Å². The van der Waals surface area contributed by atoms with Gasteiger partial charge in [-0.05, 0) is 47.9 Å². The first-order valence-electron chi connectivity index (χ1n) is 11.6. The molecule has 2 unspecified atom stereocenters. The molecular weight excluding hydrogens is 386 g/mol. The van der Waals surface area contributed by atoms with Gasteiger partial charge >= 0.3 is 5.97 Å². The van der Waals surface area contributed by atoms with Crippen LogP contribution in [0.5, 0.6) is 0 Å². The van der Waals surface area contributed by atoms with E-state index >= 15 is 0 Å². The maximum atomic E-state index is 12.5. The Morgan fingerprint density at radius 1 is 1.06 bits per heavy atom. The summed E-state index contributed by atoms with van der Waals surface area (Å²) < 4.78 is 11.6. The first kappa shape index (κ1) is 23.5. The molecule has 0 bridgehead atoms. The molecule has 4 heteroatoms. The third-order valence-electron chi connectivity index (χ3n) is 6.04. The van der Waals surface area contributed by atoms with Gasteiger partial charge in [0.05, 0.1) is 18.6 Å². The van der Waals surface area contributed by atoms with Gasteiger partial charge in [-0.1, -0.05) is 69.3 Å². The lowest BCUT2D eigenvalue weighted by Gasteiger charge is -2.33. The Hall–Kier alpha value is -2.17. The molecule has 1 aliphatic heterocycles. The molecule has 1 heterocycles. The molecule has 4 nitrogen and oxygen atoms in total. The minimum absolute atomic E-state index is 0.0821. The highest BCUT2D eigenvalue weighted by Crippen LogP contribution is 2.23. The average Bonchev–Trinajstić information content (AvgIpc) is 2.79. The van der Waals surface area contributed by atoms with Crippen molar-refractivity contribution in [3.63, 3.8) is 0 Å². The van der Waals surface area contributed by atoms with Gasteiger partial charge < -0.3 is 9.47 Å². The zero-order chi connectivity index (χ0) is 22.2. The number of nitrogens with zero attached hydrogens (tertiary/aromatic N) is 1. The largest absolute Gasteiger partial charge is 0.464 e. The fraction of sp³-hybridized carbons (Fsp3) is 0.519. The van der Waals surface area contributed by atoms with Gasteiger partial charge in [-0.25, -0.2) is 0 Å². The van der Waals surface area contributed by atoms with Gasteiger partial charge in [-0.2, -0.15) is 0 Å². The molecule has 31 heavy (non-hydrogen) atoms. The van der Waals surface area contributed by atoms with Crippen molar-refractivity contribution in [2.24, 2.45) is 5.92 Å². The molecular formula is C27H37NO3. The second-order valence-electron chi connectivity index (χ2n) is 8.98. The van der Waals surface area contributed by atoms with Gasteiger partial charge in [0.15, 0.2) is 0 Å². The number of hydrogen-bond acceptors (Lipinski definition) is 4. The van der Waals surface area contributed by atoms with Crippen LogP contribution >= 0.6 is 0 Å². The highest BCUT2D eigenvalue weighted by molar-refractivity contribution is 5.77. The van der Waals surface area contributed by atoms with Gasteiger partial charge in [0.2, 0.25) is 0 Å². The van der Waals surface area contributed by atoms with Crippen molar-refractivity contribution in [1.82, 2.24) is 4.90 Å². The van der Waals surface area contributed by atoms with Crippen molar-refractivity contribution in [3.8, 4) is 0 Å². The van der Waals surface area contributed by atoms with Crippen molar-refractivity contribution < 1.29 is 14.3 Å². The van der Waals surface area contributed by atoms with E-state index in [2.05, 4.69) is 74.2 Å². The molecule has 1 aliphatic rings. The molecule has 0 aliphatic carbocycles. The van der Waals surface area contributed by atoms with E-state index in [1.54, 1.807) is 0 Å². The highest BCUT2D eigenvalue weighted by atomic mass is 16.5. The molecule has 0 spiro atoms. The van der Waals surface area contributed by atoms with Crippen LogP contribution in [-0.4, -0.2) is 43.7 Å². The first-order valence-corrected chi connectivity index (χ1v) is 11.6. The summed E-state index contributed by atoms with van der Waals surface area (Å²) in [5.41, 5.74) is 4.88. The van der Waals surface area contributed by atoms with E-state index in [0.717, 1.165) is 38.0 Å². The summed E-state index contributed by atoms with van der Waals surface area (Å²) in [6.45, 7) is 12.1. The summed E-state index contributed by atoms with van der Waals surface area (Å²) in [4.78, 5) is 14.8. The topological polar surface area (TPSA) is 38.8 Å². The third kappa shape index (κ3) is 6.91. The van der Waals surface area contributed by atoms with Gasteiger partial charge in [-0.3, -0.25) is 9.69 Å². The quantitative estimate of drug-likeness (QED) is 0.522. The molecule has 168 valence electrons. The average molecular weight is 424 g/mol. The van der Waals surface area contributed by atoms with E-state index in [0.29, 0.717) is 19.1 Å². The van der Waals surface area contributed by atoms with E-state index in [4.69, 9.17) is 9.47 Å². The number of carbonyl (C=O) groups is 1. The monoisotopic (exact) mass is 423 g/mol. The Bertz CT molecular complexity index is 813. The zero-order valence-corrected chi connectivity index (χ0v) is 19.5. The fourth-order valence-electron chi connectivity index (χ4n) is 4.03. The molecule has 0 radical (unpaired) electrons. The smallest absolute Gasteiger partial charge is 0.313 e. The maximum Gasteiger partial charge on any atom is 0.313 e. The van der Waals surface area contributed by atoms with Crippen LogP contribution < -0.4 is 0 Å². The van der Waals surface area contributed by atoms with Crippen LogP contribution in [0, 0.1) is 5.92 Å². The summed E-state index contributed by atoms with van der Waals surface area (Å²) in [7, 11) is 0. The number of ether oxygens (including phenoxy) is 2. The van der Waals surface area contributed by atoms with E-state index in [-0.39, 0.29) is 18.0 Å². The van der Waals surface area contributed by atoms with E-state index < -0.39 is 0 Å². The lowest BCUT2D eigenvalue weighted by atomic mass is 9.97. The van der Waals surface area contributed by atoms with Gasteiger partial charge in [0.1, 0.15) is 6.61 Å². The Kier molecular flexibility index (Phi) is 8.68. The standard InChI is InChI=1S/C27H37NO3/c1-5-22-6-12-25(13-7-22)26-19-28(14-16-30-26)15-17-31-27(29)21(4)24-10-8-23(9-11-24)18-20(2)3/h6-13,20-21,26H,5,14-19H2,1-4H3. The number of morpholine rings is 1. The lowest BCUT2D eigenvalue weighted by Crippen LogP contribution is -2.40. The van der Waals surface area contributed by atoms with E-state index in [9.17, 15) is 4.79 Å². The summed E-state index contributed by atoms with van der Waals surface area (Å²) >= 11 is 0. The van der Waals surface area contributed by atoms with Gasteiger partial charge in [-0.15, -0.1) is 0 Å². The van der Waals surface area contributed by atoms with Crippen LogP contribution in [0.25, 0.3) is 0 Å². The Balaban J connectivity index is 1.44. The molecule has 0 saturated carbocycles. The first-order chi connectivity index (χ1) is 15.0. The number of aryl methyl sites for hydroxylation is 1. The zero-order valence-electron chi connectivity index (χ0n) is 19.5. The van der Waals surface area contributed by atoms with Crippen LogP contribution in [0.15, 0.2) is 48.5 Å². The molecule has 1 saturated heterocycles. The highest BCUT2D eigenvalue weighted by Gasteiger charge is 2.23. The Labute approximate surface area is 187 Å². The summed E-state index contributed by atoms with van der Waals surface area (Å²) in [6.07, 6.45) is 2.19. The Morgan fingerprint density at radius 2 is 1.74 bits per heavy atom. The van der Waals surface area contributed by atoms with Crippen molar-refractivity contribution in [2.75, 3.05) is 32.8 Å². The summed E-state index contributed by atoms with van der Waals surface area (Å²) in [6, 6.07) is 17.1. The van der Waals surface area contributed by atoms with Crippen LogP contribution in [0.2, 0.25) is 0 Å². The van der Waals surface area contributed by atoms with E-state index in [1.807, 2.05) is 6.92 Å². The van der Waals surface area contributed by atoms with Gasteiger partial charge in [0, 0.05) is 19.6 Å². The maximum absolute atomic E-state index is 12.5. The normalized spacial score (nSPS) is 18.2. The molecule has 1 fully saturated rings. The van der Waals surface area contributed by atoms with E-state index in [1.165, 1.54) is 16.7 Å². The number of rotatable bonds is 9. The fourth-order valence-corrected chi connectivity index (χ4v) is 4.03. The molecule has 3 rings (SSSR count). The number of esters is 1. The summed E-state index contributed by atoms with van der Waals surface area (Å²) in [5, 5.41) is 0. The predicted molar refractivity (Wildman–Crippen MR) is 125 cm³/mol. The molecule has 0 N–H and O–H groups in total. The third-order valence-corrected chi connectivity index (χ3v) is 6.04. The SMILES string of the molecule is CCc1ccc(C2CN(CCOC(=O)C(C)c3ccc(CC(C)C)cc3)CCO2)cc1. The van der Waals surface area contributed by atoms with Crippen LogP contribution in [0.4, 0.5) is 0 Å². The number of carbonyl (C=O) groups excluding carboxylic acids is 1. The Morgan fingerprint density at radius 3 is 2.39 bits per heavy atom. The second kappa shape index (κ2) is 11.4. The minimum Gasteiger partial charge on any atom is -0.464 e. The molecule has 2 aromatic carbocycles.